The maximum atomic E-state index is 13.0. The molecule has 1 aliphatic heterocycles. The Hall–Kier alpha value is -2.86. The molecule has 0 bridgehead atoms. The van der Waals surface area contributed by atoms with E-state index in [1.54, 1.807) is 6.07 Å². The molecule has 0 saturated carbocycles. The Kier molecular flexibility index (Phi) is 5.30. The van der Waals surface area contributed by atoms with Crippen LogP contribution < -0.4 is 4.74 Å². The van der Waals surface area contributed by atoms with Gasteiger partial charge in [0.05, 0.1) is 17.6 Å². The van der Waals surface area contributed by atoms with Gasteiger partial charge in [0.15, 0.2) is 0 Å². The number of aromatic amines is 1. The van der Waals surface area contributed by atoms with Crippen LogP contribution in [0.25, 0.3) is 11.0 Å². The fourth-order valence-corrected chi connectivity index (χ4v) is 3.69. The van der Waals surface area contributed by atoms with Crippen molar-refractivity contribution in [3.05, 3.63) is 59.4 Å². The number of hydrogen-bond donors (Lipinski definition) is 2. The third-order valence-corrected chi connectivity index (χ3v) is 5.24. The molecule has 2 heterocycles. The fraction of sp³-hybridized carbons (Fsp3) is 0.364. The number of hydrogen-bond acceptors (Lipinski definition) is 4. The summed E-state index contributed by atoms with van der Waals surface area (Å²) in [5.41, 5.74) is 3.37. The fourth-order valence-electron chi connectivity index (χ4n) is 3.69. The Labute approximate surface area is 164 Å². The van der Waals surface area contributed by atoms with Crippen LogP contribution in [0, 0.1) is 12.8 Å². The molecule has 0 spiro atoms. The molecule has 1 atom stereocenters. The zero-order valence-corrected chi connectivity index (χ0v) is 16.0. The molecule has 6 heteroatoms. The minimum atomic E-state index is -0.146. The van der Waals surface area contributed by atoms with Crippen molar-refractivity contribution in [2.45, 2.75) is 26.4 Å². The van der Waals surface area contributed by atoms with E-state index in [9.17, 15) is 9.90 Å². The first kappa shape index (κ1) is 18.5. The SMILES string of the molecule is Cc1ccc(OC[C@H]2CCCN(C(=O)c3ccc4nc(CO)[nH]c4c3)C2)cc1. The van der Waals surface area contributed by atoms with Crippen LogP contribution in [0.15, 0.2) is 42.5 Å². The summed E-state index contributed by atoms with van der Waals surface area (Å²) in [6.07, 6.45) is 2.05. The van der Waals surface area contributed by atoms with Gasteiger partial charge in [-0.25, -0.2) is 4.98 Å². The number of aromatic nitrogens is 2. The highest BCUT2D eigenvalue weighted by molar-refractivity contribution is 5.97. The number of benzene rings is 2. The maximum absolute atomic E-state index is 13.0. The summed E-state index contributed by atoms with van der Waals surface area (Å²) in [4.78, 5) is 22.2. The number of amides is 1. The van der Waals surface area contributed by atoms with Crippen LogP contribution in [0.1, 0.15) is 34.6 Å². The summed E-state index contributed by atoms with van der Waals surface area (Å²) in [6.45, 7) is 4.00. The molecule has 0 unspecified atom stereocenters. The predicted molar refractivity (Wildman–Crippen MR) is 107 cm³/mol. The summed E-state index contributed by atoms with van der Waals surface area (Å²) in [6, 6.07) is 13.5. The van der Waals surface area contributed by atoms with Gasteiger partial charge in [0.1, 0.15) is 18.2 Å². The molecular formula is C22H25N3O3. The van der Waals surface area contributed by atoms with Gasteiger partial charge < -0.3 is 19.7 Å². The minimum absolute atomic E-state index is 0.0297. The lowest BCUT2D eigenvalue weighted by Gasteiger charge is -2.32. The first-order valence-corrected chi connectivity index (χ1v) is 9.70. The minimum Gasteiger partial charge on any atom is -0.493 e. The number of likely N-dealkylation sites (tertiary alicyclic amines) is 1. The molecule has 0 aliphatic carbocycles. The highest BCUT2D eigenvalue weighted by Crippen LogP contribution is 2.22. The van der Waals surface area contributed by atoms with Crippen molar-refractivity contribution in [1.82, 2.24) is 14.9 Å². The number of piperidine rings is 1. The summed E-state index contributed by atoms with van der Waals surface area (Å²) in [5, 5.41) is 9.22. The van der Waals surface area contributed by atoms with E-state index in [1.165, 1.54) is 5.56 Å². The normalized spacial score (nSPS) is 17.1. The Morgan fingerprint density at radius 3 is 2.89 bits per heavy atom. The largest absolute Gasteiger partial charge is 0.493 e. The number of ether oxygens (including phenoxy) is 1. The number of nitrogens with one attached hydrogen (secondary N) is 1. The van der Waals surface area contributed by atoms with Crippen LogP contribution in [-0.2, 0) is 6.61 Å². The maximum Gasteiger partial charge on any atom is 0.253 e. The van der Waals surface area contributed by atoms with Crippen LogP contribution in [-0.4, -0.2) is 45.6 Å². The van der Waals surface area contributed by atoms with Gasteiger partial charge in [-0.1, -0.05) is 17.7 Å². The Morgan fingerprint density at radius 1 is 1.29 bits per heavy atom. The lowest BCUT2D eigenvalue weighted by molar-refractivity contribution is 0.0633. The second-order valence-electron chi connectivity index (χ2n) is 7.46. The molecule has 146 valence electrons. The average molecular weight is 379 g/mol. The number of rotatable bonds is 5. The second kappa shape index (κ2) is 8.02. The molecule has 2 aromatic carbocycles. The molecule has 6 nitrogen and oxygen atoms in total. The number of H-pyrrole nitrogens is 1. The van der Waals surface area contributed by atoms with Gasteiger partial charge in [-0.3, -0.25) is 4.79 Å². The van der Waals surface area contributed by atoms with Crippen molar-refractivity contribution in [3.8, 4) is 5.75 Å². The van der Waals surface area contributed by atoms with Gasteiger partial charge in [0.25, 0.3) is 5.91 Å². The van der Waals surface area contributed by atoms with Crippen LogP contribution in [0.2, 0.25) is 0 Å². The van der Waals surface area contributed by atoms with E-state index in [1.807, 2.05) is 41.3 Å². The molecule has 1 fully saturated rings. The van der Waals surface area contributed by atoms with Crippen molar-refractivity contribution < 1.29 is 14.6 Å². The van der Waals surface area contributed by atoms with E-state index in [2.05, 4.69) is 16.9 Å². The molecule has 1 aromatic heterocycles. The summed E-state index contributed by atoms with van der Waals surface area (Å²) in [5.74, 6) is 1.74. The van der Waals surface area contributed by atoms with E-state index < -0.39 is 0 Å². The summed E-state index contributed by atoms with van der Waals surface area (Å²) < 4.78 is 5.93. The standard InChI is InChI=1S/C22H25N3O3/c1-15-4-7-18(8-5-15)28-14-16-3-2-10-25(12-16)22(27)17-6-9-19-20(11-17)24-21(13-26)23-19/h4-9,11,16,26H,2-3,10,12-14H2,1H3,(H,23,24)/t16-/m0/s1. The van der Waals surface area contributed by atoms with E-state index in [0.29, 0.717) is 30.5 Å². The van der Waals surface area contributed by atoms with Gasteiger partial charge in [0.2, 0.25) is 0 Å². The second-order valence-corrected chi connectivity index (χ2v) is 7.46. The highest BCUT2D eigenvalue weighted by atomic mass is 16.5. The van der Waals surface area contributed by atoms with E-state index in [0.717, 1.165) is 36.2 Å². The van der Waals surface area contributed by atoms with Gasteiger partial charge >= 0.3 is 0 Å². The molecule has 1 aliphatic rings. The predicted octanol–water partition coefficient (Wildman–Crippen LogP) is 3.29. The molecule has 0 radical (unpaired) electrons. The lowest BCUT2D eigenvalue weighted by Crippen LogP contribution is -2.41. The summed E-state index contributed by atoms with van der Waals surface area (Å²) >= 11 is 0. The van der Waals surface area contributed by atoms with Crippen LogP contribution >= 0.6 is 0 Å². The monoisotopic (exact) mass is 379 g/mol. The number of aryl methyl sites for hydroxylation is 1. The Bertz CT molecular complexity index is 965. The highest BCUT2D eigenvalue weighted by Gasteiger charge is 2.25. The van der Waals surface area contributed by atoms with Gasteiger partial charge in [-0.05, 0) is 50.1 Å². The number of carbonyl (C=O) groups excluding carboxylic acids is 1. The lowest BCUT2D eigenvalue weighted by atomic mass is 9.98. The van der Waals surface area contributed by atoms with Crippen LogP contribution in [0.3, 0.4) is 0 Å². The summed E-state index contributed by atoms with van der Waals surface area (Å²) in [7, 11) is 0. The zero-order valence-electron chi connectivity index (χ0n) is 16.0. The Morgan fingerprint density at radius 2 is 2.11 bits per heavy atom. The molecule has 28 heavy (non-hydrogen) atoms. The molecule has 2 N–H and O–H groups in total. The van der Waals surface area contributed by atoms with Crippen molar-refractivity contribution in [3.63, 3.8) is 0 Å². The van der Waals surface area contributed by atoms with Gasteiger partial charge in [-0.2, -0.15) is 0 Å². The number of aliphatic hydroxyl groups is 1. The zero-order chi connectivity index (χ0) is 19.5. The first-order chi connectivity index (χ1) is 13.6. The molecular weight excluding hydrogens is 354 g/mol. The van der Waals surface area contributed by atoms with E-state index >= 15 is 0 Å². The molecule has 4 rings (SSSR count). The Balaban J connectivity index is 1.40. The first-order valence-electron chi connectivity index (χ1n) is 9.70. The van der Waals surface area contributed by atoms with Crippen molar-refractivity contribution in [2.24, 2.45) is 5.92 Å². The van der Waals surface area contributed by atoms with E-state index in [4.69, 9.17) is 4.74 Å². The number of fused-ring (bicyclic) bond motifs is 1. The number of carbonyl (C=O) groups is 1. The van der Waals surface area contributed by atoms with E-state index in [-0.39, 0.29) is 12.5 Å². The van der Waals surface area contributed by atoms with Crippen molar-refractivity contribution in [1.29, 1.82) is 0 Å². The quantitative estimate of drug-likeness (QED) is 0.713. The smallest absolute Gasteiger partial charge is 0.253 e. The third kappa shape index (κ3) is 4.02. The van der Waals surface area contributed by atoms with Crippen LogP contribution in [0.4, 0.5) is 0 Å². The molecule has 1 amide bonds. The topological polar surface area (TPSA) is 78.4 Å². The van der Waals surface area contributed by atoms with Crippen molar-refractivity contribution in [2.75, 3.05) is 19.7 Å². The number of imidazole rings is 1. The van der Waals surface area contributed by atoms with Gasteiger partial charge in [0, 0.05) is 24.6 Å². The number of aliphatic hydroxyl groups excluding tert-OH is 1. The number of nitrogens with zero attached hydrogens (tertiary/aromatic N) is 2. The van der Waals surface area contributed by atoms with Crippen molar-refractivity contribution >= 4 is 16.9 Å². The molecule has 1 saturated heterocycles. The van der Waals surface area contributed by atoms with Gasteiger partial charge in [-0.15, -0.1) is 0 Å². The van der Waals surface area contributed by atoms with Crippen LogP contribution in [0.5, 0.6) is 5.75 Å². The third-order valence-electron chi connectivity index (χ3n) is 5.24. The average Bonchev–Trinajstić information content (AvgIpc) is 3.15. The molecule has 3 aromatic rings.